The molecular formula is C25H41NO5. The van der Waals surface area contributed by atoms with E-state index in [0.717, 1.165) is 32.1 Å². The second kappa shape index (κ2) is 15.8. The van der Waals surface area contributed by atoms with E-state index in [1.807, 2.05) is 32.0 Å². The number of hydrogen-bond acceptors (Lipinski definition) is 6. The van der Waals surface area contributed by atoms with Crippen molar-refractivity contribution in [3.63, 3.8) is 0 Å². The SMILES string of the molecule is CCOC(=O)CCCCCCC(NCCC(C)(O)CCc1ccccc1)C(=O)OCC. The van der Waals surface area contributed by atoms with Crippen LogP contribution < -0.4 is 5.32 Å². The molecule has 0 bridgehead atoms. The fourth-order valence-electron chi connectivity index (χ4n) is 3.45. The minimum absolute atomic E-state index is 0.145. The Hall–Kier alpha value is -1.92. The van der Waals surface area contributed by atoms with Gasteiger partial charge in [-0.05, 0) is 65.0 Å². The molecule has 1 rings (SSSR count). The number of benzene rings is 1. The van der Waals surface area contributed by atoms with Gasteiger partial charge < -0.3 is 19.9 Å². The highest BCUT2D eigenvalue weighted by molar-refractivity contribution is 5.75. The van der Waals surface area contributed by atoms with Gasteiger partial charge in [-0.1, -0.05) is 49.6 Å². The van der Waals surface area contributed by atoms with Crippen molar-refractivity contribution < 1.29 is 24.2 Å². The highest BCUT2D eigenvalue weighted by atomic mass is 16.5. The summed E-state index contributed by atoms with van der Waals surface area (Å²) in [6.07, 6.45) is 6.76. The van der Waals surface area contributed by atoms with Crippen molar-refractivity contribution in [1.29, 1.82) is 0 Å². The van der Waals surface area contributed by atoms with E-state index in [9.17, 15) is 14.7 Å². The molecule has 2 atom stereocenters. The zero-order valence-electron chi connectivity index (χ0n) is 19.5. The summed E-state index contributed by atoms with van der Waals surface area (Å²) in [6.45, 7) is 6.78. The molecule has 0 saturated heterocycles. The number of ether oxygens (including phenoxy) is 2. The van der Waals surface area contributed by atoms with E-state index < -0.39 is 5.60 Å². The van der Waals surface area contributed by atoms with Crippen LogP contribution in [0.15, 0.2) is 30.3 Å². The summed E-state index contributed by atoms with van der Waals surface area (Å²) in [4.78, 5) is 23.6. The molecule has 0 fully saturated rings. The van der Waals surface area contributed by atoms with Crippen molar-refractivity contribution in [2.24, 2.45) is 0 Å². The van der Waals surface area contributed by atoms with Crippen LogP contribution in [0.4, 0.5) is 0 Å². The van der Waals surface area contributed by atoms with Gasteiger partial charge in [0.15, 0.2) is 0 Å². The van der Waals surface area contributed by atoms with E-state index in [0.29, 0.717) is 45.4 Å². The predicted octanol–water partition coefficient (Wildman–Crippen LogP) is 4.19. The normalized spacial score (nSPS) is 13.9. The smallest absolute Gasteiger partial charge is 0.323 e. The van der Waals surface area contributed by atoms with Crippen LogP contribution in [-0.4, -0.2) is 48.4 Å². The first-order valence-electron chi connectivity index (χ1n) is 11.7. The first-order valence-corrected chi connectivity index (χ1v) is 11.7. The van der Waals surface area contributed by atoms with Gasteiger partial charge in [0.25, 0.3) is 0 Å². The maximum absolute atomic E-state index is 12.3. The quantitative estimate of drug-likeness (QED) is 0.282. The van der Waals surface area contributed by atoms with Gasteiger partial charge in [-0.15, -0.1) is 0 Å². The molecule has 176 valence electrons. The second-order valence-electron chi connectivity index (χ2n) is 8.25. The third kappa shape index (κ3) is 13.2. The molecule has 2 unspecified atom stereocenters. The van der Waals surface area contributed by atoms with Crippen LogP contribution in [0.25, 0.3) is 0 Å². The van der Waals surface area contributed by atoms with Crippen LogP contribution in [0.2, 0.25) is 0 Å². The Bertz CT molecular complexity index is 618. The lowest BCUT2D eigenvalue weighted by Gasteiger charge is -2.25. The summed E-state index contributed by atoms with van der Waals surface area (Å²) >= 11 is 0. The van der Waals surface area contributed by atoms with Gasteiger partial charge in [0.1, 0.15) is 6.04 Å². The Kier molecular flexibility index (Phi) is 13.8. The third-order valence-corrected chi connectivity index (χ3v) is 5.35. The maximum atomic E-state index is 12.3. The molecule has 0 aliphatic rings. The molecule has 0 saturated carbocycles. The molecule has 0 aromatic heterocycles. The van der Waals surface area contributed by atoms with E-state index in [1.54, 1.807) is 6.92 Å². The average Bonchev–Trinajstić information content (AvgIpc) is 2.74. The summed E-state index contributed by atoms with van der Waals surface area (Å²) in [7, 11) is 0. The zero-order valence-corrected chi connectivity index (χ0v) is 19.5. The minimum Gasteiger partial charge on any atom is -0.466 e. The first kappa shape index (κ1) is 27.1. The van der Waals surface area contributed by atoms with Gasteiger partial charge in [-0.25, -0.2) is 0 Å². The van der Waals surface area contributed by atoms with Crippen molar-refractivity contribution in [2.45, 2.75) is 90.2 Å². The van der Waals surface area contributed by atoms with Crippen LogP contribution in [-0.2, 0) is 25.5 Å². The van der Waals surface area contributed by atoms with Gasteiger partial charge in [0.05, 0.1) is 18.8 Å². The van der Waals surface area contributed by atoms with Crippen LogP contribution >= 0.6 is 0 Å². The number of carbonyl (C=O) groups is 2. The number of aliphatic hydroxyl groups is 1. The van der Waals surface area contributed by atoms with Crippen molar-refractivity contribution in [1.82, 2.24) is 5.32 Å². The lowest BCUT2D eigenvalue weighted by molar-refractivity contribution is -0.146. The number of rotatable bonds is 17. The monoisotopic (exact) mass is 435 g/mol. The summed E-state index contributed by atoms with van der Waals surface area (Å²) < 4.78 is 10.1. The lowest BCUT2D eigenvalue weighted by atomic mass is 9.93. The van der Waals surface area contributed by atoms with E-state index in [1.165, 1.54) is 5.56 Å². The first-order chi connectivity index (χ1) is 14.9. The molecule has 1 aromatic carbocycles. The second-order valence-corrected chi connectivity index (χ2v) is 8.25. The van der Waals surface area contributed by atoms with Crippen molar-refractivity contribution >= 4 is 11.9 Å². The molecule has 0 spiro atoms. The zero-order chi connectivity index (χ0) is 23.0. The highest BCUT2D eigenvalue weighted by Gasteiger charge is 2.23. The predicted molar refractivity (Wildman–Crippen MR) is 123 cm³/mol. The Morgan fingerprint density at radius 3 is 2.35 bits per heavy atom. The van der Waals surface area contributed by atoms with E-state index >= 15 is 0 Å². The van der Waals surface area contributed by atoms with Gasteiger partial charge in [-0.2, -0.15) is 0 Å². The van der Waals surface area contributed by atoms with Gasteiger partial charge >= 0.3 is 11.9 Å². The van der Waals surface area contributed by atoms with Crippen molar-refractivity contribution in [3.05, 3.63) is 35.9 Å². The number of nitrogens with one attached hydrogen (secondary N) is 1. The molecular weight excluding hydrogens is 394 g/mol. The summed E-state index contributed by atoms with van der Waals surface area (Å²) in [5.74, 6) is -0.383. The van der Waals surface area contributed by atoms with Crippen LogP contribution in [0.1, 0.15) is 77.7 Å². The van der Waals surface area contributed by atoms with E-state index in [2.05, 4.69) is 17.4 Å². The van der Waals surface area contributed by atoms with Crippen LogP contribution in [0, 0.1) is 0 Å². The molecule has 1 aromatic rings. The molecule has 6 heteroatoms. The van der Waals surface area contributed by atoms with E-state index in [-0.39, 0.29) is 18.0 Å². The Morgan fingerprint density at radius 1 is 1.00 bits per heavy atom. The lowest BCUT2D eigenvalue weighted by Crippen LogP contribution is -2.41. The number of carbonyl (C=O) groups excluding carboxylic acids is 2. The molecule has 0 heterocycles. The van der Waals surface area contributed by atoms with Crippen LogP contribution in [0.3, 0.4) is 0 Å². The van der Waals surface area contributed by atoms with Gasteiger partial charge in [0.2, 0.25) is 0 Å². The number of unbranched alkanes of at least 4 members (excludes halogenated alkanes) is 3. The van der Waals surface area contributed by atoms with Crippen molar-refractivity contribution in [2.75, 3.05) is 19.8 Å². The number of hydrogen-bond donors (Lipinski definition) is 2. The molecule has 6 nitrogen and oxygen atoms in total. The Balaban J connectivity index is 2.33. The average molecular weight is 436 g/mol. The van der Waals surface area contributed by atoms with Crippen molar-refractivity contribution in [3.8, 4) is 0 Å². The highest BCUT2D eigenvalue weighted by Crippen LogP contribution is 2.18. The Morgan fingerprint density at radius 2 is 1.68 bits per heavy atom. The summed E-state index contributed by atoms with van der Waals surface area (Å²) in [5.41, 5.74) is 0.415. The minimum atomic E-state index is -0.796. The summed E-state index contributed by atoms with van der Waals surface area (Å²) in [5, 5.41) is 14.0. The summed E-state index contributed by atoms with van der Waals surface area (Å²) in [6, 6.07) is 9.77. The van der Waals surface area contributed by atoms with Gasteiger partial charge in [0, 0.05) is 6.42 Å². The maximum Gasteiger partial charge on any atom is 0.323 e. The third-order valence-electron chi connectivity index (χ3n) is 5.35. The molecule has 0 aliphatic heterocycles. The largest absolute Gasteiger partial charge is 0.466 e. The molecule has 0 aliphatic carbocycles. The molecule has 2 N–H and O–H groups in total. The van der Waals surface area contributed by atoms with Gasteiger partial charge in [-0.3, -0.25) is 9.59 Å². The standard InChI is InChI=1S/C25H41NO5/c1-4-30-23(27)16-12-7-6-11-15-22(24(28)31-5-2)26-20-19-25(3,29)18-17-21-13-9-8-10-14-21/h8-10,13-14,22,26,29H,4-7,11-12,15-20H2,1-3H3. The van der Waals surface area contributed by atoms with E-state index in [4.69, 9.17) is 9.47 Å². The molecule has 31 heavy (non-hydrogen) atoms. The Labute approximate surface area is 187 Å². The number of esters is 2. The fourth-order valence-corrected chi connectivity index (χ4v) is 3.45. The number of aryl methyl sites for hydroxylation is 1. The molecule has 0 radical (unpaired) electrons. The molecule has 0 amide bonds. The fraction of sp³-hybridized carbons (Fsp3) is 0.680. The topological polar surface area (TPSA) is 84.9 Å². The van der Waals surface area contributed by atoms with Crippen LogP contribution in [0.5, 0.6) is 0 Å².